The molecule has 2 amide bonds. The van der Waals surface area contributed by atoms with E-state index in [4.69, 9.17) is 5.11 Å². The lowest BCUT2D eigenvalue weighted by Gasteiger charge is -2.13. The predicted molar refractivity (Wildman–Crippen MR) is 64.9 cm³/mol. The zero-order valence-electron chi connectivity index (χ0n) is 9.75. The van der Waals surface area contributed by atoms with E-state index in [0.29, 0.717) is 18.5 Å². The molecular weight excluding hydrogens is 254 g/mol. The van der Waals surface area contributed by atoms with Crippen molar-refractivity contribution in [2.75, 3.05) is 5.32 Å². The number of nitrogens with one attached hydrogen (secondary N) is 2. The molecule has 1 aromatic carbocycles. The Hall–Kier alpha value is -2.64. The first-order valence-corrected chi connectivity index (χ1v) is 5.50. The van der Waals surface area contributed by atoms with Crippen LogP contribution in [0.4, 0.5) is 16.2 Å². The van der Waals surface area contributed by atoms with Crippen LogP contribution in [0.5, 0.6) is 0 Å². The Labute approximate surface area is 107 Å². The lowest BCUT2D eigenvalue weighted by molar-refractivity contribution is -0.384. The SMILES string of the molecule is O=C(Nc1ccc([N+](=O)[O-])cc1)NC1(C(=O)O)CC1. The molecule has 0 aliphatic heterocycles. The van der Waals surface area contributed by atoms with E-state index in [2.05, 4.69) is 10.6 Å². The van der Waals surface area contributed by atoms with Crippen molar-refractivity contribution in [2.24, 2.45) is 0 Å². The summed E-state index contributed by atoms with van der Waals surface area (Å²) in [4.78, 5) is 32.3. The number of carbonyl (C=O) groups excluding carboxylic acids is 1. The average Bonchev–Trinajstić information content (AvgIpc) is 3.10. The summed E-state index contributed by atoms with van der Waals surface area (Å²) in [5, 5.41) is 24.1. The number of anilines is 1. The molecule has 8 nitrogen and oxygen atoms in total. The number of hydrogen-bond donors (Lipinski definition) is 3. The van der Waals surface area contributed by atoms with Crippen molar-refractivity contribution >= 4 is 23.4 Å². The Bertz CT molecular complexity index is 536. The highest BCUT2D eigenvalue weighted by atomic mass is 16.6. The summed E-state index contributed by atoms with van der Waals surface area (Å²) in [5.41, 5.74) is -0.898. The van der Waals surface area contributed by atoms with Crippen LogP contribution in [0.25, 0.3) is 0 Å². The van der Waals surface area contributed by atoms with Crippen molar-refractivity contribution in [1.29, 1.82) is 0 Å². The second-order valence-electron chi connectivity index (χ2n) is 4.27. The molecule has 0 saturated heterocycles. The van der Waals surface area contributed by atoms with Gasteiger partial charge < -0.3 is 15.7 Å². The first-order valence-electron chi connectivity index (χ1n) is 5.50. The van der Waals surface area contributed by atoms with Gasteiger partial charge in [-0.1, -0.05) is 0 Å². The molecule has 3 N–H and O–H groups in total. The van der Waals surface area contributed by atoms with Crippen LogP contribution >= 0.6 is 0 Å². The van der Waals surface area contributed by atoms with E-state index in [0.717, 1.165) is 0 Å². The fraction of sp³-hybridized carbons (Fsp3) is 0.273. The van der Waals surface area contributed by atoms with Crippen LogP contribution in [0.3, 0.4) is 0 Å². The molecule has 1 aromatic rings. The van der Waals surface area contributed by atoms with Crippen molar-refractivity contribution in [3.8, 4) is 0 Å². The van der Waals surface area contributed by atoms with Gasteiger partial charge in [-0.2, -0.15) is 0 Å². The predicted octanol–water partition coefficient (Wildman–Crippen LogP) is 1.33. The number of carboxylic acid groups (broad SMARTS) is 1. The zero-order chi connectivity index (χ0) is 14.0. The second kappa shape index (κ2) is 4.56. The quantitative estimate of drug-likeness (QED) is 0.560. The molecule has 8 heteroatoms. The van der Waals surface area contributed by atoms with Crippen LogP contribution in [0.2, 0.25) is 0 Å². The first-order chi connectivity index (χ1) is 8.93. The molecule has 2 rings (SSSR count). The summed E-state index contributed by atoms with van der Waals surface area (Å²) in [7, 11) is 0. The number of nitro benzene ring substituents is 1. The average molecular weight is 265 g/mol. The molecule has 1 saturated carbocycles. The lowest BCUT2D eigenvalue weighted by Crippen LogP contribution is -2.45. The monoisotopic (exact) mass is 265 g/mol. The molecule has 0 bridgehead atoms. The van der Waals surface area contributed by atoms with Crippen molar-refractivity contribution in [3.05, 3.63) is 34.4 Å². The first kappa shape index (κ1) is 12.8. The number of carbonyl (C=O) groups is 2. The summed E-state index contributed by atoms with van der Waals surface area (Å²) < 4.78 is 0. The molecule has 1 aliphatic rings. The van der Waals surface area contributed by atoms with Crippen LogP contribution in [0.1, 0.15) is 12.8 Å². The molecule has 0 heterocycles. The van der Waals surface area contributed by atoms with Gasteiger partial charge in [0, 0.05) is 17.8 Å². The van der Waals surface area contributed by atoms with Crippen LogP contribution in [-0.2, 0) is 4.79 Å². The maximum absolute atomic E-state index is 11.6. The number of amides is 2. The van der Waals surface area contributed by atoms with Crippen LogP contribution in [0, 0.1) is 10.1 Å². The number of benzene rings is 1. The third-order valence-electron chi connectivity index (χ3n) is 2.85. The number of urea groups is 1. The van der Waals surface area contributed by atoms with Gasteiger partial charge in [-0.05, 0) is 25.0 Å². The van der Waals surface area contributed by atoms with Crippen LogP contribution < -0.4 is 10.6 Å². The zero-order valence-corrected chi connectivity index (χ0v) is 9.75. The molecule has 1 fully saturated rings. The maximum atomic E-state index is 11.6. The fourth-order valence-corrected chi connectivity index (χ4v) is 1.56. The van der Waals surface area contributed by atoms with E-state index in [-0.39, 0.29) is 5.69 Å². The summed E-state index contributed by atoms with van der Waals surface area (Å²) in [6.07, 6.45) is 0.798. The summed E-state index contributed by atoms with van der Waals surface area (Å²) in [6, 6.07) is 4.60. The Kier molecular flexibility index (Phi) is 3.07. The molecule has 100 valence electrons. The highest BCUT2D eigenvalue weighted by Gasteiger charge is 2.51. The summed E-state index contributed by atoms with van der Waals surface area (Å²) in [5.74, 6) is -1.06. The van der Waals surface area contributed by atoms with Gasteiger partial charge in [0.2, 0.25) is 0 Å². The second-order valence-corrected chi connectivity index (χ2v) is 4.27. The minimum atomic E-state index is -1.16. The van der Waals surface area contributed by atoms with Gasteiger partial charge in [-0.25, -0.2) is 9.59 Å². The Morgan fingerprint density at radius 1 is 1.26 bits per heavy atom. The van der Waals surface area contributed by atoms with Crippen molar-refractivity contribution in [1.82, 2.24) is 5.32 Å². The largest absolute Gasteiger partial charge is 0.480 e. The van der Waals surface area contributed by atoms with Gasteiger partial charge in [-0.15, -0.1) is 0 Å². The van der Waals surface area contributed by atoms with Crippen LogP contribution in [-0.4, -0.2) is 27.6 Å². The highest BCUT2D eigenvalue weighted by molar-refractivity contribution is 5.95. The number of nitrogens with zero attached hydrogens (tertiary/aromatic N) is 1. The minimum Gasteiger partial charge on any atom is -0.480 e. The third kappa shape index (κ3) is 2.79. The van der Waals surface area contributed by atoms with Crippen molar-refractivity contribution in [3.63, 3.8) is 0 Å². The molecule has 1 aliphatic carbocycles. The van der Waals surface area contributed by atoms with E-state index in [1.54, 1.807) is 0 Å². The number of aliphatic carboxylic acids is 1. The topological polar surface area (TPSA) is 122 Å². The molecule has 0 atom stereocenters. The number of hydrogen-bond acceptors (Lipinski definition) is 4. The standard InChI is InChI=1S/C11H11N3O5/c15-9(16)11(5-6-11)13-10(17)12-7-1-3-8(4-2-7)14(18)19/h1-4H,5-6H2,(H,15,16)(H2,12,13,17). The van der Waals surface area contributed by atoms with Gasteiger partial charge in [-0.3, -0.25) is 10.1 Å². The fourth-order valence-electron chi connectivity index (χ4n) is 1.56. The van der Waals surface area contributed by atoms with E-state index in [1.165, 1.54) is 24.3 Å². The van der Waals surface area contributed by atoms with Gasteiger partial charge in [0.05, 0.1) is 4.92 Å². The lowest BCUT2D eigenvalue weighted by atomic mass is 10.2. The summed E-state index contributed by atoms with van der Waals surface area (Å²) in [6.45, 7) is 0. The molecule has 0 aromatic heterocycles. The Morgan fingerprint density at radius 3 is 2.26 bits per heavy atom. The maximum Gasteiger partial charge on any atom is 0.329 e. The van der Waals surface area contributed by atoms with Crippen molar-refractivity contribution in [2.45, 2.75) is 18.4 Å². The Morgan fingerprint density at radius 2 is 1.84 bits per heavy atom. The van der Waals surface area contributed by atoms with Crippen molar-refractivity contribution < 1.29 is 19.6 Å². The molecular formula is C11H11N3O5. The highest BCUT2D eigenvalue weighted by Crippen LogP contribution is 2.35. The van der Waals surface area contributed by atoms with Gasteiger partial charge in [0.15, 0.2) is 0 Å². The number of nitro groups is 1. The van der Waals surface area contributed by atoms with E-state index >= 15 is 0 Å². The number of non-ortho nitro benzene ring substituents is 1. The summed E-state index contributed by atoms with van der Waals surface area (Å²) >= 11 is 0. The molecule has 19 heavy (non-hydrogen) atoms. The van der Waals surface area contributed by atoms with Gasteiger partial charge in [0.1, 0.15) is 5.54 Å². The Balaban J connectivity index is 1.96. The third-order valence-corrected chi connectivity index (χ3v) is 2.85. The van der Waals surface area contributed by atoms with Crippen LogP contribution in [0.15, 0.2) is 24.3 Å². The normalized spacial score (nSPS) is 15.4. The molecule has 0 unspecified atom stereocenters. The smallest absolute Gasteiger partial charge is 0.329 e. The van der Waals surface area contributed by atoms with E-state index < -0.39 is 22.5 Å². The minimum absolute atomic E-state index is 0.0878. The molecule has 0 spiro atoms. The number of rotatable bonds is 4. The molecule has 0 radical (unpaired) electrons. The number of carboxylic acids is 1. The van der Waals surface area contributed by atoms with E-state index in [9.17, 15) is 19.7 Å². The van der Waals surface area contributed by atoms with E-state index in [1.807, 2.05) is 0 Å². The van der Waals surface area contributed by atoms with Gasteiger partial charge >= 0.3 is 12.0 Å². The van der Waals surface area contributed by atoms with Gasteiger partial charge in [0.25, 0.3) is 5.69 Å².